The molecule has 1 aliphatic heterocycles. The summed E-state index contributed by atoms with van der Waals surface area (Å²) in [6.07, 6.45) is 0. The van der Waals surface area contributed by atoms with E-state index in [4.69, 9.17) is 4.74 Å². The van der Waals surface area contributed by atoms with Gasteiger partial charge >= 0.3 is 0 Å². The Hall–Kier alpha value is -3.88. The molecule has 0 aliphatic carbocycles. The lowest BCUT2D eigenvalue weighted by atomic mass is 10.2. The van der Waals surface area contributed by atoms with Crippen molar-refractivity contribution in [2.45, 2.75) is 13.1 Å². The van der Waals surface area contributed by atoms with E-state index >= 15 is 0 Å². The molecule has 1 amide bonds. The molecule has 4 rings (SSSR count). The molecule has 8 nitrogen and oxygen atoms in total. The first-order valence-electron chi connectivity index (χ1n) is 10.7. The Kier molecular flexibility index (Phi) is 6.87. The summed E-state index contributed by atoms with van der Waals surface area (Å²) in [5.41, 5.74) is 1.57. The molecule has 9 heteroatoms. The minimum Gasteiger partial charge on any atom is -0.497 e. The summed E-state index contributed by atoms with van der Waals surface area (Å²) in [6.45, 7) is 3.09. The van der Waals surface area contributed by atoms with Crippen LogP contribution in [0.2, 0.25) is 0 Å². The molecule has 2 aromatic carbocycles. The minimum atomic E-state index is -0.330. The van der Waals surface area contributed by atoms with Crippen LogP contribution in [0, 0.1) is 5.82 Å². The molecular weight excluding hydrogens is 425 g/mol. The zero-order valence-electron chi connectivity index (χ0n) is 18.4. The van der Waals surface area contributed by atoms with E-state index in [1.807, 2.05) is 24.3 Å². The van der Waals surface area contributed by atoms with Crippen molar-refractivity contribution in [2.24, 2.45) is 0 Å². The van der Waals surface area contributed by atoms with E-state index in [-0.39, 0.29) is 23.8 Å². The Morgan fingerprint density at radius 3 is 2.30 bits per heavy atom. The summed E-state index contributed by atoms with van der Waals surface area (Å²) in [4.78, 5) is 28.9. The second-order valence-corrected chi connectivity index (χ2v) is 7.76. The zero-order valence-corrected chi connectivity index (χ0v) is 18.4. The van der Waals surface area contributed by atoms with Gasteiger partial charge in [-0.2, -0.15) is 5.10 Å². The van der Waals surface area contributed by atoms with Gasteiger partial charge in [-0.05, 0) is 48.0 Å². The van der Waals surface area contributed by atoms with Crippen LogP contribution in [0.5, 0.6) is 5.75 Å². The SMILES string of the molecule is COc1ccc(CNC(=O)Cn2nc(N3CCN(c4ccc(F)cc4)CC3)ccc2=O)cc1. The maximum atomic E-state index is 13.2. The third-order valence-corrected chi connectivity index (χ3v) is 5.59. The summed E-state index contributed by atoms with van der Waals surface area (Å²) in [5.74, 6) is 0.850. The molecule has 1 aromatic heterocycles. The van der Waals surface area contributed by atoms with Gasteiger partial charge in [0.15, 0.2) is 0 Å². The van der Waals surface area contributed by atoms with Crippen LogP contribution in [-0.2, 0) is 17.9 Å². The van der Waals surface area contributed by atoms with Crippen LogP contribution in [0.15, 0.2) is 65.5 Å². The van der Waals surface area contributed by atoms with Crippen LogP contribution in [0.25, 0.3) is 0 Å². The molecule has 0 unspecified atom stereocenters. The molecule has 1 N–H and O–H groups in total. The number of halogens is 1. The van der Waals surface area contributed by atoms with Gasteiger partial charge < -0.3 is 19.9 Å². The van der Waals surface area contributed by atoms with Gasteiger partial charge in [0, 0.05) is 44.5 Å². The highest BCUT2D eigenvalue weighted by molar-refractivity contribution is 5.75. The standard InChI is InChI=1S/C24H26FN5O3/c1-33-21-8-2-18(3-9-21)16-26-23(31)17-30-24(32)11-10-22(27-30)29-14-12-28(13-15-29)20-6-4-19(25)5-7-20/h2-11H,12-17H2,1H3,(H,26,31). The lowest BCUT2D eigenvalue weighted by Crippen LogP contribution is -2.47. The predicted octanol–water partition coefficient (Wildman–Crippen LogP) is 2.03. The van der Waals surface area contributed by atoms with Gasteiger partial charge in [0.1, 0.15) is 23.9 Å². The number of benzene rings is 2. The monoisotopic (exact) mass is 451 g/mol. The van der Waals surface area contributed by atoms with Crippen LogP contribution in [0.4, 0.5) is 15.9 Å². The van der Waals surface area contributed by atoms with E-state index in [0.29, 0.717) is 25.5 Å². The van der Waals surface area contributed by atoms with E-state index in [0.717, 1.165) is 30.1 Å². The van der Waals surface area contributed by atoms with Crippen molar-refractivity contribution < 1.29 is 13.9 Å². The lowest BCUT2D eigenvalue weighted by molar-refractivity contribution is -0.122. The molecular formula is C24H26FN5O3. The van der Waals surface area contributed by atoms with E-state index in [9.17, 15) is 14.0 Å². The number of piperazine rings is 1. The number of hydrogen-bond acceptors (Lipinski definition) is 6. The Labute approximate surface area is 191 Å². The average molecular weight is 452 g/mol. The van der Waals surface area contributed by atoms with Gasteiger partial charge in [0.05, 0.1) is 7.11 Å². The molecule has 0 spiro atoms. The molecule has 1 saturated heterocycles. The summed E-state index contributed by atoms with van der Waals surface area (Å²) < 4.78 is 19.5. The number of rotatable bonds is 7. The van der Waals surface area contributed by atoms with Crippen LogP contribution < -0.4 is 25.4 Å². The second kappa shape index (κ2) is 10.2. The third kappa shape index (κ3) is 5.68. The summed E-state index contributed by atoms with van der Waals surface area (Å²) in [6, 6.07) is 17.0. The fraction of sp³-hybridized carbons (Fsp3) is 0.292. The number of aromatic nitrogens is 2. The predicted molar refractivity (Wildman–Crippen MR) is 124 cm³/mol. The van der Waals surface area contributed by atoms with Crippen LogP contribution in [-0.4, -0.2) is 49.0 Å². The molecule has 0 atom stereocenters. The normalized spacial score (nSPS) is 13.6. The number of methoxy groups -OCH3 is 1. The molecule has 33 heavy (non-hydrogen) atoms. The molecule has 172 valence electrons. The first-order chi connectivity index (χ1) is 16.0. The first kappa shape index (κ1) is 22.3. The fourth-order valence-corrected chi connectivity index (χ4v) is 3.70. The van der Waals surface area contributed by atoms with Gasteiger partial charge in [-0.1, -0.05) is 12.1 Å². The second-order valence-electron chi connectivity index (χ2n) is 7.76. The number of hydrogen-bond donors (Lipinski definition) is 1. The van der Waals surface area contributed by atoms with Gasteiger partial charge in [-0.25, -0.2) is 9.07 Å². The first-order valence-corrected chi connectivity index (χ1v) is 10.7. The van der Waals surface area contributed by atoms with E-state index in [1.165, 1.54) is 22.9 Å². The van der Waals surface area contributed by atoms with E-state index in [1.54, 1.807) is 25.3 Å². The Morgan fingerprint density at radius 1 is 0.970 bits per heavy atom. The van der Waals surface area contributed by atoms with Gasteiger partial charge in [0.25, 0.3) is 5.56 Å². The quantitative estimate of drug-likeness (QED) is 0.592. The number of anilines is 2. The molecule has 0 bridgehead atoms. The number of nitrogens with zero attached hydrogens (tertiary/aromatic N) is 4. The van der Waals surface area contributed by atoms with Crippen molar-refractivity contribution in [2.75, 3.05) is 43.1 Å². The van der Waals surface area contributed by atoms with E-state index in [2.05, 4.69) is 20.2 Å². The number of carbonyl (C=O) groups is 1. The molecule has 1 aliphatic rings. The maximum absolute atomic E-state index is 13.2. The van der Waals surface area contributed by atoms with Crippen LogP contribution in [0.1, 0.15) is 5.56 Å². The summed E-state index contributed by atoms with van der Waals surface area (Å²) in [5, 5.41) is 7.22. The number of carbonyl (C=O) groups excluding carboxylic acids is 1. The highest BCUT2D eigenvalue weighted by Gasteiger charge is 2.19. The Morgan fingerprint density at radius 2 is 1.64 bits per heavy atom. The fourth-order valence-electron chi connectivity index (χ4n) is 3.70. The highest BCUT2D eigenvalue weighted by Crippen LogP contribution is 2.19. The van der Waals surface area contributed by atoms with Gasteiger partial charge in [0.2, 0.25) is 5.91 Å². The van der Waals surface area contributed by atoms with Crippen molar-refractivity contribution in [3.63, 3.8) is 0 Å². The smallest absolute Gasteiger partial charge is 0.267 e. The molecule has 3 aromatic rings. The zero-order chi connectivity index (χ0) is 23.2. The molecule has 2 heterocycles. The largest absolute Gasteiger partial charge is 0.497 e. The topological polar surface area (TPSA) is 79.7 Å². The lowest BCUT2D eigenvalue weighted by Gasteiger charge is -2.36. The van der Waals surface area contributed by atoms with Crippen molar-refractivity contribution in [1.82, 2.24) is 15.1 Å². The van der Waals surface area contributed by atoms with Gasteiger partial charge in [-0.15, -0.1) is 0 Å². The number of amides is 1. The molecule has 1 fully saturated rings. The van der Waals surface area contributed by atoms with Gasteiger partial charge in [-0.3, -0.25) is 9.59 Å². The minimum absolute atomic E-state index is 0.154. The van der Waals surface area contributed by atoms with E-state index < -0.39 is 0 Å². The highest BCUT2D eigenvalue weighted by atomic mass is 19.1. The van der Waals surface area contributed by atoms with Crippen molar-refractivity contribution >= 4 is 17.4 Å². The van der Waals surface area contributed by atoms with Crippen LogP contribution >= 0.6 is 0 Å². The Balaban J connectivity index is 1.34. The average Bonchev–Trinajstić information content (AvgIpc) is 2.85. The van der Waals surface area contributed by atoms with Crippen LogP contribution in [0.3, 0.4) is 0 Å². The molecule has 0 radical (unpaired) electrons. The van der Waals surface area contributed by atoms with Crippen molar-refractivity contribution in [3.05, 3.63) is 82.4 Å². The number of nitrogens with one attached hydrogen (secondary N) is 1. The third-order valence-electron chi connectivity index (χ3n) is 5.59. The maximum Gasteiger partial charge on any atom is 0.267 e. The summed E-state index contributed by atoms with van der Waals surface area (Å²) >= 11 is 0. The summed E-state index contributed by atoms with van der Waals surface area (Å²) in [7, 11) is 1.60. The number of ether oxygens (including phenoxy) is 1. The molecule has 0 saturated carbocycles. The van der Waals surface area contributed by atoms with Crippen molar-refractivity contribution in [1.29, 1.82) is 0 Å². The Bertz CT molecular complexity index is 1140. The van der Waals surface area contributed by atoms with Crippen molar-refractivity contribution in [3.8, 4) is 5.75 Å².